The van der Waals surface area contributed by atoms with Crippen LogP contribution in [0.2, 0.25) is 0 Å². The van der Waals surface area contributed by atoms with Gasteiger partial charge >= 0.3 is 0 Å². The van der Waals surface area contributed by atoms with Gasteiger partial charge < -0.3 is 14.6 Å². The lowest BCUT2D eigenvalue weighted by Gasteiger charge is -2.29. The summed E-state index contributed by atoms with van der Waals surface area (Å²) in [4.78, 5) is 0. The third-order valence-electron chi connectivity index (χ3n) is 3.85. The van der Waals surface area contributed by atoms with E-state index in [0.717, 1.165) is 11.3 Å². The Kier molecular flexibility index (Phi) is 5.24. The van der Waals surface area contributed by atoms with Gasteiger partial charge in [0.15, 0.2) is 0 Å². The third-order valence-corrected chi connectivity index (χ3v) is 3.85. The van der Waals surface area contributed by atoms with Crippen LogP contribution in [0, 0.1) is 11.3 Å². The molecule has 1 aromatic carbocycles. The van der Waals surface area contributed by atoms with E-state index in [0.29, 0.717) is 18.1 Å². The van der Waals surface area contributed by atoms with Gasteiger partial charge in [-0.3, -0.25) is 0 Å². The van der Waals surface area contributed by atoms with Crippen molar-refractivity contribution < 1.29 is 14.6 Å². The summed E-state index contributed by atoms with van der Waals surface area (Å²) < 4.78 is 10.5. The van der Waals surface area contributed by atoms with Gasteiger partial charge in [-0.05, 0) is 29.9 Å². The van der Waals surface area contributed by atoms with Gasteiger partial charge in [0.2, 0.25) is 0 Å². The van der Waals surface area contributed by atoms with Crippen LogP contribution in [0.4, 0.5) is 0 Å². The topological polar surface area (TPSA) is 38.7 Å². The Bertz CT molecular complexity index is 407. The van der Waals surface area contributed by atoms with Gasteiger partial charge in [-0.1, -0.05) is 27.7 Å². The molecule has 0 bridgehead atoms. The molecule has 0 radical (unpaired) electrons. The fourth-order valence-corrected chi connectivity index (χ4v) is 1.91. The average molecular weight is 266 g/mol. The normalized spacial score (nSPS) is 14.9. The van der Waals surface area contributed by atoms with Gasteiger partial charge in [0.1, 0.15) is 11.5 Å². The maximum absolute atomic E-state index is 10.4. The summed E-state index contributed by atoms with van der Waals surface area (Å²) in [6.07, 6.45) is 0.196. The predicted octanol–water partition coefficient (Wildman–Crippen LogP) is 3.81. The zero-order valence-corrected chi connectivity index (χ0v) is 12.9. The Morgan fingerprint density at radius 1 is 1.16 bits per heavy atom. The number of aliphatic hydroxyl groups excluding tert-OH is 1. The van der Waals surface area contributed by atoms with Crippen LogP contribution < -0.4 is 9.47 Å². The lowest BCUT2D eigenvalue weighted by Crippen LogP contribution is -2.20. The lowest BCUT2D eigenvalue weighted by atomic mass is 9.78. The number of methoxy groups -OCH3 is 2. The minimum Gasteiger partial charge on any atom is -0.497 e. The van der Waals surface area contributed by atoms with Crippen LogP contribution in [0.1, 0.15) is 45.8 Å². The maximum Gasteiger partial charge on any atom is 0.128 e. The molecule has 3 nitrogen and oxygen atoms in total. The van der Waals surface area contributed by atoms with E-state index in [1.807, 2.05) is 12.1 Å². The number of benzene rings is 1. The van der Waals surface area contributed by atoms with E-state index in [-0.39, 0.29) is 5.41 Å². The molecular formula is C16H26O3. The second-order valence-corrected chi connectivity index (χ2v) is 6.13. The van der Waals surface area contributed by atoms with Crippen LogP contribution in [0.15, 0.2) is 18.2 Å². The number of ether oxygens (including phenoxy) is 2. The van der Waals surface area contributed by atoms with Gasteiger partial charge in [0, 0.05) is 11.6 Å². The molecule has 19 heavy (non-hydrogen) atoms. The number of hydrogen-bond donors (Lipinski definition) is 1. The summed E-state index contributed by atoms with van der Waals surface area (Å²) in [7, 11) is 3.23. The standard InChI is InChI=1S/C16H26O3/c1-11(16(2,3)4)9-14(17)13-8-7-12(18-5)10-15(13)19-6/h7-8,10-11,14,17H,9H2,1-6H3. The highest BCUT2D eigenvalue weighted by atomic mass is 16.5. The summed E-state index contributed by atoms with van der Waals surface area (Å²) in [5, 5.41) is 10.4. The van der Waals surface area contributed by atoms with E-state index in [4.69, 9.17) is 9.47 Å². The molecule has 0 aliphatic heterocycles. The number of aliphatic hydroxyl groups is 1. The first-order chi connectivity index (χ1) is 8.79. The molecule has 2 unspecified atom stereocenters. The first-order valence-electron chi connectivity index (χ1n) is 6.69. The molecule has 0 aliphatic carbocycles. The summed E-state index contributed by atoms with van der Waals surface area (Å²) in [6, 6.07) is 5.53. The van der Waals surface area contributed by atoms with Crippen molar-refractivity contribution in [3.63, 3.8) is 0 Å². The third kappa shape index (κ3) is 4.13. The Labute approximate surface area is 116 Å². The molecule has 0 aliphatic rings. The largest absolute Gasteiger partial charge is 0.497 e. The molecule has 0 spiro atoms. The fourth-order valence-electron chi connectivity index (χ4n) is 1.91. The quantitative estimate of drug-likeness (QED) is 0.880. The minimum absolute atomic E-state index is 0.181. The summed E-state index contributed by atoms with van der Waals surface area (Å²) >= 11 is 0. The fraction of sp³-hybridized carbons (Fsp3) is 0.625. The van der Waals surface area contributed by atoms with Gasteiger partial charge in [-0.15, -0.1) is 0 Å². The molecule has 0 amide bonds. The highest BCUT2D eigenvalue weighted by molar-refractivity contribution is 5.41. The molecule has 0 fully saturated rings. The van der Waals surface area contributed by atoms with E-state index < -0.39 is 6.10 Å². The van der Waals surface area contributed by atoms with E-state index >= 15 is 0 Å². The molecule has 0 heterocycles. The molecule has 1 N–H and O–H groups in total. The van der Waals surface area contributed by atoms with Crippen molar-refractivity contribution in [3.8, 4) is 11.5 Å². The van der Waals surface area contributed by atoms with Crippen LogP contribution >= 0.6 is 0 Å². The molecule has 0 saturated heterocycles. The second-order valence-electron chi connectivity index (χ2n) is 6.13. The van der Waals surface area contributed by atoms with Gasteiger partial charge in [0.05, 0.1) is 20.3 Å². The van der Waals surface area contributed by atoms with Crippen LogP contribution in [-0.2, 0) is 0 Å². The predicted molar refractivity (Wildman–Crippen MR) is 77.7 cm³/mol. The van der Waals surface area contributed by atoms with Crippen molar-refractivity contribution in [3.05, 3.63) is 23.8 Å². The zero-order valence-electron chi connectivity index (χ0n) is 12.9. The smallest absolute Gasteiger partial charge is 0.128 e. The van der Waals surface area contributed by atoms with E-state index in [1.165, 1.54) is 0 Å². The second kappa shape index (κ2) is 6.29. The maximum atomic E-state index is 10.4. The van der Waals surface area contributed by atoms with Crippen LogP contribution in [0.3, 0.4) is 0 Å². The Morgan fingerprint density at radius 2 is 1.79 bits per heavy atom. The summed E-state index contributed by atoms with van der Waals surface area (Å²) in [5.74, 6) is 1.82. The Hall–Kier alpha value is -1.22. The van der Waals surface area contributed by atoms with Gasteiger partial charge in [0.25, 0.3) is 0 Å². The zero-order chi connectivity index (χ0) is 14.6. The van der Waals surface area contributed by atoms with Crippen molar-refractivity contribution in [2.24, 2.45) is 11.3 Å². The van der Waals surface area contributed by atoms with Crippen molar-refractivity contribution in [1.82, 2.24) is 0 Å². The van der Waals surface area contributed by atoms with Crippen molar-refractivity contribution in [1.29, 1.82) is 0 Å². The SMILES string of the molecule is COc1ccc(C(O)CC(C)C(C)(C)C)c(OC)c1. The summed E-state index contributed by atoms with van der Waals surface area (Å²) in [5.41, 5.74) is 1.00. The van der Waals surface area contributed by atoms with Crippen molar-refractivity contribution in [2.45, 2.75) is 40.2 Å². The number of rotatable bonds is 5. The Balaban J connectivity index is 2.90. The van der Waals surface area contributed by atoms with Crippen LogP contribution in [-0.4, -0.2) is 19.3 Å². The first-order valence-corrected chi connectivity index (χ1v) is 6.69. The average Bonchev–Trinajstić information content (AvgIpc) is 2.36. The van der Waals surface area contributed by atoms with E-state index in [2.05, 4.69) is 27.7 Å². The molecule has 2 atom stereocenters. The molecule has 0 saturated carbocycles. The lowest BCUT2D eigenvalue weighted by molar-refractivity contribution is 0.108. The first kappa shape index (κ1) is 15.8. The highest BCUT2D eigenvalue weighted by Crippen LogP contribution is 2.37. The molecule has 1 rings (SSSR count). The monoisotopic (exact) mass is 266 g/mol. The van der Waals surface area contributed by atoms with Crippen LogP contribution in [0.5, 0.6) is 11.5 Å². The number of hydrogen-bond acceptors (Lipinski definition) is 3. The molecule has 3 heteroatoms. The molecule has 0 aromatic heterocycles. The van der Waals surface area contributed by atoms with Gasteiger partial charge in [-0.2, -0.15) is 0 Å². The summed E-state index contributed by atoms with van der Waals surface area (Å²) in [6.45, 7) is 8.74. The van der Waals surface area contributed by atoms with E-state index in [1.54, 1.807) is 20.3 Å². The molecular weight excluding hydrogens is 240 g/mol. The Morgan fingerprint density at radius 3 is 2.26 bits per heavy atom. The highest BCUT2D eigenvalue weighted by Gasteiger charge is 2.24. The molecule has 1 aromatic rings. The molecule has 108 valence electrons. The van der Waals surface area contributed by atoms with Crippen molar-refractivity contribution in [2.75, 3.05) is 14.2 Å². The van der Waals surface area contributed by atoms with E-state index in [9.17, 15) is 5.11 Å². The van der Waals surface area contributed by atoms with Gasteiger partial charge in [-0.25, -0.2) is 0 Å². The minimum atomic E-state index is -0.518. The van der Waals surface area contributed by atoms with Crippen molar-refractivity contribution >= 4 is 0 Å². The van der Waals surface area contributed by atoms with Crippen LogP contribution in [0.25, 0.3) is 0 Å².